The monoisotopic (exact) mass is 203 g/mol. The molecule has 0 aliphatic carbocycles. The molecule has 0 aliphatic heterocycles. The van der Waals surface area contributed by atoms with Crippen molar-refractivity contribution in [1.29, 1.82) is 5.26 Å². The molecule has 3 N–H and O–H groups in total. The third-order valence-corrected chi connectivity index (χ3v) is 2.00. The van der Waals surface area contributed by atoms with E-state index in [9.17, 15) is 4.79 Å². The summed E-state index contributed by atoms with van der Waals surface area (Å²) in [5, 5.41) is 11.9. The van der Waals surface area contributed by atoms with Crippen molar-refractivity contribution in [3.05, 3.63) is 35.4 Å². The van der Waals surface area contributed by atoms with Gasteiger partial charge in [-0.3, -0.25) is 4.79 Å². The van der Waals surface area contributed by atoms with E-state index >= 15 is 0 Å². The van der Waals surface area contributed by atoms with Crippen molar-refractivity contribution in [3.8, 4) is 6.07 Å². The van der Waals surface area contributed by atoms with Crippen LogP contribution in [0.4, 0.5) is 0 Å². The first-order valence-electron chi connectivity index (χ1n) is 4.71. The number of hydrogen-bond acceptors (Lipinski definition) is 3. The van der Waals surface area contributed by atoms with Gasteiger partial charge < -0.3 is 11.1 Å². The van der Waals surface area contributed by atoms with Gasteiger partial charge >= 0.3 is 0 Å². The van der Waals surface area contributed by atoms with Crippen molar-refractivity contribution >= 4 is 5.91 Å². The third-order valence-electron chi connectivity index (χ3n) is 2.00. The number of nitriles is 1. The highest BCUT2D eigenvalue weighted by Gasteiger charge is 2.00. The molecular formula is C11H13N3O. The molecule has 1 amide bonds. The van der Waals surface area contributed by atoms with Gasteiger partial charge in [0.25, 0.3) is 0 Å². The molecule has 1 aromatic carbocycles. The van der Waals surface area contributed by atoms with Gasteiger partial charge in [-0.15, -0.1) is 0 Å². The third kappa shape index (κ3) is 3.79. The number of carbonyl (C=O) groups excluding carboxylic acids is 1. The molecule has 4 heteroatoms. The highest BCUT2D eigenvalue weighted by atomic mass is 16.1. The van der Waals surface area contributed by atoms with Crippen LogP contribution in [-0.2, 0) is 11.3 Å². The minimum absolute atomic E-state index is 0.314. The van der Waals surface area contributed by atoms with E-state index in [0.29, 0.717) is 25.1 Å². The molecular weight excluding hydrogens is 190 g/mol. The Hall–Kier alpha value is -1.86. The highest BCUT2D eigenvalue weighted by Crippen LogP contribution is 2.06. The smallest absolute Gasteiger partial charge is 0.218 e. The fourth-order valence-electron chi connectivity index (χ4n) is 1.22. The van der Waals surface area contributed by atoms with Crippen LogP contribution in [0.25, 0.3) is 0 Å². The Balaban J connectivity index is 2.44. The van der Waals surface area contributed by atoms with Crippen LogP contribution in [-0.4, -0.2) is 12.5 Å². The van der Waals surface area contributed by atoms with Gasteiger partial charge in [0.05, 0.1) is 11.6 Å². The summed E-state index contributed by atoms with van der Waals surface area (Å²) in [6, 6.07) is 9.47. The number of rotatable bonds is 5. The number of primary amides is 1. The molecule has 78 valence electrons. The second kappa shape index (κ2) is 5.78. The quantitative estimate of drug-likeness (QED) is 0.685. The first-order valence-corrected chi connectivity index (χ1v) is 4.71. The number of benzene rings is 1. The number of amides is 1. The molecule has 0 radical (unpaired) electrons. The lowest BCUT2D eigenvalue weighted by Crippen LogP contribution is -2.21. The van der Waals surface area contributed by atoms with Crippen LogP contribution in [0.3, 0.4) is 0 Å². The van der Waals surface area contributed by atoms with Crippen LogP contribution < -0.4 is 11.1 Å². The molecule has 0 unspecified atom stereocenters. The van der Waals surface area contributed by atoms with Gasteiger partial charge in [0.15, 0.2) is 0 Å². The largest absolute Gasteiger partial charge is 0.370 e. The van der Waals surface area contributed by atoms with E-state index < -0.39 is 0 Å². The van der Waals surface area contributed by atoms with E-state index in [1.807, 2.05) is 18.2 Å². The van der Waals surface area contributed by atoms with Crippen molar-refractivity contribution in [2.45, 2.75) is 13.0 Å². The number of nitrogens with two attached hydrogens (primary N) is 1. The minimum Gasteiger partial charge on any atom is -0.370 e. The molecule has 0 spiro atoms. The van der Waals surface area contributed by atoms with Gasteiger partial charge in [0.2, 0.25) is 5.91 Å². The summed E-state index contributed by atoms with van der Waals surface area (Å²) in [5.74, 6) is -0.323. The van der Waals surface area contributed by atoms with E-state index in [1.54, 1.807) is 6.07 Å². The lowest BCUT2D eigenvalue weighted by Gasteiger charge is -2.04. The Kier molecular flexibility index (Phi) is 4.32. The molecule has 15 heavy (non-hydrogen) atoms. The van der Waals surface area contributed by atoms with Crippen molar-refractivity contribution in [2.75, 3.05) is 6.54 Å². The maximum Gasteiger partial charge on any atom is 0.218 e. The Morgan fingerprint density at radius 2 is 2.20 bits per heavy atom. The van der Waals surface area contributed by atoms with Gasteiger partial charge in [-0.05, 0) is 11.6 Å². The Labute approximate surface area is 88.7 Å². The van der Waals surface area contributed by atoms with Crippen LogP contribution in [0.1, 0.15) is 17.5 Å². The molecule has 0 aliphatic rings. The van der Waals surface area contributed by atoms with Crippen molar-refractivity contribution in [3.63, 3.8) is 0 Å². The average molecular weight is 203 g/mol. The zero-order chi connectivity index (χ0) is 11.1. The zero-order valence-electron chi connectivity index (χ0n) is 8.36. The second-order valence-electron chi connectivity index (χ2n) is 3.16. The van der Waals surface area contributed by atoms with Gasteiger partial charge in [0.1, 0.15) is 0 Å². The molecule has 0 saturated heterocycles. The van der Waals surface area contributed by atoms with E-state index in [-0.39, 0.29) is 5.91 Å². The lowest BCUT2D eigenvalue weighted by atomic mass is 10.1. The predicted octanol–water partition coefficient (Wildman–Crippen LogP) is 0.523. The molecule has 1 rings (SSSR count). The number of hydrogen-bond donors (Lipinski definition) is 2. The van der Waals surface area contributed by atoms with Crippen LogP contribution in [0, 0.1) is 11.3 Å². The summed E-state index contributed by atoms with van der Waals surface area (Å²) in [5.41, 5.74) is 6.59. The summed E-state index contributed by atoms with van der Waals surface area (Å²) >= 11 is 0. The average Bonchev–Trinajstić information content (AvgIpc) is 2.24. The van der Waals surface area contributed by atoms with Crippen LogP contribution >= 0.6 is 0 Å². The van der Waals surface area contributed by atoms with Crippen LogP contribution in [0.2, 0.25) is 0 Å². The van der Waals surface area contributed by atoms with Crippen molar-refractivity contribution in [2.24, 2.45) is 5.73 Å². The molecule has 0 aromatic heterocycles. The van der Waals surface area contributed by atoms with E-state index in [0.717, 1.165) is 5.56 Å². The molecule has 4 nitrogen and oxygen atoms in total. The summed E-state index contributed by atoms with van der Waals surface area (Å²) < 4.78 is 0. The van der Waals surface area contributed by atoms with Gasteiger partial charge in [0, 0.05) is 19.5 Å². The summed E-state index contributed by atoms with van der Waals surface area (Å²) in [6.07, 6.45) is 0.314. The standard InChI is InChI=1S/C11H13N3O/c12-7-9-3-1-2-4-10(9)8-14-6-5-11(13)15/h1-4,14H,5-6,8H2,(H2,13,15). The zero-order valence-corrected chi connectivity index (χ0v) is 8.36. The van der Waals surface area contributed by atoms with E-state index in [4.69, 9.17) is 11.0 Å². The van der Waals surface area contributed by atoms with Gasteiger partial charge in [-0.25, -0.2) is 0 Å². The highest BCUT2D eigenvalue weighted by molar-refractivity contribution is 5.73. The Bertz CT molecular complexity index is 382. The Morgan fingerprint density at radius 3 is 2.87 bits per heavy atom. The molecule has 0 saturated carbocycles. The van der Waals surface area contributed by atoms with E-state index in [1.165, 1.54) is 0 Å². The first-order chi connectivity index (χ1) is 7.24. The number of nitrogens with one attached hydrogen (secondary N) is 1. The van der Waals surface area contributed by atoms with Crippen molar-refractivity contribution < 1.29 is 4.79 Å². The fourth-order valence-corrected chi connectivity index (χ4v) is 1.22. The molecule has 0 fully saturated rings. The minimum atomic E-state index is -0.323. The number of carbonyl (C=O) groups is 1. The molecule has 1 aromatic rings. The topological polar surface area (TPSA) is 78.9 Å². The van der Waals surface area contributed by atoms with Crippen LogP contribution in [0.15, 0.2) is 24.3 Å². The Morgan fingerprint density at radius 1 is 1.47 bits per heavy atom. The number of nitrogens with zero attached hydrogens (tertiary/aromatic N) is 1. The summed E-state index contributed by atoms with van der Waals surface area (Å²) in [6.45, 7) is 1.12. The normalized spacial score (nSPS) is 9.53. The van der Waals surface area contributed by atoms with E-state index in [2.05, 4.69) is 11.4 Å². The van der Waals surface area contributed by atoms with Gasteiger partial charge in [-0.2, -0.15) is 5.26 Å². The maximum absolute atomic E-state index is 10.5. The predicted molar refractivity (Wildman–Crippen MR) is 56.7 cm³/mol. The maximum atomic E-state index is 10.5. The molecule has 0 bridgehead atoms. The SMILES string of the molecule is N#Cc1ccccc1CNCCC(N)=O. The van der Waals surface area contributed by atoms with Gasteiger partial charge in [-0.1, -0.05) is 18.2 Å². The summed E-state index contributed by atoms with van der Waals surface area (Å²) in [7, 11) is 0. The fraction of sp³-hybridized carbons (Fsp3) is 0.273. The lowest BCUT2D eigenvalue weighted by molar-refractivity contribution is -0.117. The summed E-state index contributed by atoms with van der Waals surface area (Å²) in [4.78, 5) is 10.5. The first kappa shape index (κ1) is 11.2. The second-order valence-corrected chi connectivity index (χ2v) is 3.16. The molecule has 0 atom stereocenters. The van der Waals surface area contributed by atoms with Crippen molar-refractivity contribution in [1.82, 2.24) is 5.32 Å². The molecule has 0 heterocycles. The van der Waals surface area contributed by atoms with Crippen LogP contribution in [0.5, 0.6) is 0 Å².